The molecule has 0 spiro atoms. The normalized spacial score (nSPS) is 20.3. The van der Waals surface area contributed by atoms with Gasteiger partial charge in [-0.1, -0.05) is 0 Å². The van der Waals surface area contributed by atoms with Crippen LogP contribution in [0, 0.1) is 0 Å². The largest absolute Gasteiger partial charge is 0.464 e. The number of H-pyrrole nitrogens is 1. The molecule has 3 aromatic heterocycles. The Labute approximate surface area is 155 Å². The lowest BCUT2D eigenvalue weighted by Crippen LogP contribution is -2.49. The van der Waals surface area contributed by atoms with Crippen LogP contribution in [-0.2, 0) is 25.1 Å². The summed E-state index contributed by atoms with van der Waals surface area (Å²) in [6.07, 6.45) is 6.81. The number of fused-ring (bicyclic) bond motifs is 1. The molecular weight excluding hydrogens is 372 g/mol. The van der Waals surface area contributed by atoms with Gasteiger partial charge in [0.05, 0.1) is 24.3 Å². The van der Waals surface area contributed by atoms with Gasteiger partial charge in [0.1, 0.15) is 12.0 Å². The third-order valence-corrected chi connectivity index (χ3v) is 6.09. The minimum Gasteiger partial charge on any atom is -0.464 e. The van der Waals surface area contributed by atoms with Crippen molar-refractivity contribution in [2.45, 2.75) is 18.9 Å². The molecule has 3 aromatic rings. The molecule has 10 nitrogen and oxygen atoms in total. The first-order chi connectivity index (χ1) is 13.0. The maximum Gasteiger partial charge on any atom is 0.335 e. The van der Waals surface area contributed by atoms with Crippen molar-refractivity contribution < 1.29 is 17.9 Å². The van der Waals surface area contributed by atoms with E-state index in [0.717, 1.165) is 5.39 Å². The first-order valence-corrected chi connectivity index (χ1v) is 10.1. The van der Waals surface area contributed by atoms with Crippen molar-refractivity contribution in [3.63, 3.8) is 0 Å². The molecule has 0 aromatic carbocycles. The molecule has 2 N–H and O–H groups in total. The molecule has 0 saturated carbocycles. The first kappa shape index (κ1) is 17.6. The van der Waals surface area contributed by atoms with Gasteiger partial charge in [0.15, 0.2) is 5.54 Å². The smallest absolute Gasteiger partial charge is 0.335 e. The number of hydrogen-bond acceptors (Lipinski definition) is 7. The molecule has 0 unspecified atom stereocenters. The highest BCUT2D eigenvalue weighted by Crippen LogP contribution is 2.31. The van der Waals surface area contributed by atoms with Crippen LogP contribution in [0.25, 0.3) is 22.3 Å². The molecule has 142 valence electrons. The fourth-order valence-electron chi connectivity index (χ4n) is 3.11. The molecule has 27 heavy (non-hydrogen) atoms. The predicted molar refractivity (Wildman–Crippen MR) is 96.1 cm³/mol. The number of esters is 1. The Kier molecular flexibility index (Phi) is 4.19. The Morgan fingerprint density at radius 3 is 3.00 bits per heavy atom. The fourth-order valence-corrected chi connectivity index (χ4v) is 3.77. The highest BCUT2D eigenvalue weighted by atomic mass is 32.2. The zero-order valence-corrected chi connectivity index (χ0v) is 15.4. The Bertz CT molecular complexity index is 1110. The van der Waals surface area contributed by atoms with Crippen LogP contribution in [0.4, 0.5) is 0 Å². The predicted octanol–water partition coefficient (Wildman–Crippen LogP) is 0.403. The lowest BCUT2D eigenvalue weighted by atomic mass is 9.98. The molecule has 11 heteroatoms. The Hall–Kier alpha value is -2.79. The van der Waals surface area contributed by atoms with Gasteiger partial charge in [-0.25, -0.2) is 27.9 Å². The number of carbonyl (C=O) groups excluding carboxylic acids is 1. The quantitative estimate of drug-likeness (QED) is 0.582. The number of nitrogens with zero attached hydrogens (tertiary/aromatic N) is 4. The number of rotatable bonds is 6. The molecule has 4 heterocycles. The zero-order chi connectivity index (χ0) is 19.1. The van der Waals surface area contributed by atoms with Crippen LogP contribution in [0.15, 0.2) is 31.0 Å². The summed E-state index contributed by atoms with van der Waals surface area (Å²) < 4.78 is 32.8. The fraction of sp³-hybridized carbons (Fsp3) is 0.375. The SMILES string of the molecule is CCS(=O)(=O)NC[C@]1(n2cc(-c3ncnc4[nH]ccc34)cn2)CCOC1=O. The van der Waals surface area contributed by atoms with E-state index in [4.69, 9.17) is 4.74 Å². The molecule has 0 bridgehead atoms. The van der Waals surface area contributed by atoms with Crippen molar-refractivity contribution in [1.82, 2.24) is 29.5 Å². The van der Waals surface area contributed by atoms with Gasteiger partial charge in [0, 0.05) is 36.3 Å². The highest BCUT2D eigenvalue weighted by molar-refractivity contribution is 7.89. The van der Waals surface area contributed by atoms with E-state index >= 15 is 0 Å². The second-order valence-corrected chi connectivity index (χ2v) is 8.37. The number of carbonyl (C=O) groups is 1. The maximum absolute atomic E-state index is 12.5. The summed E-state index contributed by atoms with van der Waals surface area (Å²) in [5.41, 5.74) is 0.839. The summed E-state index contributed by atoms with van der Waals surface area (Å²) in [5.74, 6) is -0.583. The van der Waals surface area contributed by atoms with Gasteiger partial charge in [-0.05, 0) is 13.0 Å². The Morgan fingerprint density at radius 2 is 2.26 bits per heavy atom. The minimum atomic E-state index is -3.47. The zero-order valence-electron chi connectivity index (χ0n) is 14.5. The van der Waals surface area contributed by atoms with Crippen LogP contribution in [0.2, 0.25) is 0 Å². The summed E-state index contributed by atoms with van der Waals surface area (Å²) in [4.78, 5) is 24.0. The van der Waals surface area contributed by atoms with E-state index in [1.807, 2.05) is 6.07 Å². The van der Waals surface area contributed by atoms with Crippen LogP contribution < -0.4 is 4.72 Å². The third kappa shape index (κ3) is 2.98. The first-order valence-electron chi connectivity index (χ1n) is 8.43. The van der Waals surface area contributed by atoms with Gasteiger partial charge in [-0.15, -0.1) is 0 Å². The van der Waals surface area contributed by atoms with E-state index in [1.54, 1.807) is 18.6 Å². The van der Waals surface area contributed by atoms with E-state index in [9.17, 15) is 13.2 Å². The number of cyclic esters (lactones) is 1. The van der Waals surface area contributed by atoms with Crippen LogP contribution in [0.1, 0.15) is 13.3 Å². The molecule has 1 aliphatic heterocycles. The molecule has 1 fully saturated rings. The number of aromatic nitrogens is 5. The summed E-state index contributed by atoms with van der Waals surface area (Å²) in [6.45, 7) is 1.62. The van der Waals surface area contributed by atoms with E-state index in [2.05, 4.69) is 24.8 Å². The standard InChI is InChI=1S/C16H18N6O4S/c1-2-27(24,25)21-9-16(4-6-26-15(16)23)22-8-11(7-20-22)13-12-3-5-17-14(12)19-10-18-13/h3,5,7-8,10,21H,2,4,6,9H2,1H3,(H,17,18,19)/t16-/m1/s1. The Morgan fingerprint density at radius 1 is 1.41 bits per heavy atom. The molecule has 0 amide bonds. The highest BCUT2D eigenvalue weighted by Gasteiger charge is 2.48. The van der Waals surface area contributed by atoms with E-state index in [-0.39, 0.29) is 18.9 Å². The number of hydrogen-bond donors (Lipinski definition) is 2. The molecule has 1 aliphatic rings. The third-order valence-electron chi connectivity index (χ3n) is 4.74. The minimum absolute atomic E-state index is 0.0745. The van der Waals surface area contributed by atoms with E-state index in [1.165, 1.54) is 17.9 Å². The molecule has 0 aliphatic carbocycles. The average molecular weight is 390 g/mol. The lowest BCUT2D eigenvalue weighted by molar-refractivity contribution is -0.145. The number of sulfonamides is 1. The Balaban J connectivity index is 1.73. The van der Waals surface area contributed by atoms with Crippen molar-refractivity contribution in [1.29, 1.82) is 0 Å². The average Bonchev–Trinajstić information content (AvgIpc) is 3.39. The van der Waals surface area contributed by atoms with Gasteiger partial charge < -0.3 is 9.72 Å². The van der Waals surface area contributed by atoms with Crippen LogP contribution in [0.5, 0.6) is 0 Å². The van der Waals surface area contributed by atoms with Gasteiger partial charge in [0.25, 0.3) is 0 Å². The molecule has 4 rings (SSSR count). The molecule has 1 saturated heterocycles. The van der Waals surface area contributed by atoms with Crippen LogP contribution >= 0.6 is 0 Å². The van der Waals surface area contributed by atoms with Gasteiger partial charge in [-0.2, -0.15) is 5.10 Å². The summed E-state index contributed by atoms with van der Waals surface area (Å²) in [7, 11) is -3.47. The second kappa shape index (κ2) is 6.43. The number of nitrogens with one attached hydrogen (secondary N) is 2. The van der Waals surface area contributed by atoms with Crippen LogP contribution in [0.3, 0.4) is 0 Å². The van der Waals surface area contributed by atoms with Crippen molar-refractivity contribution in [3.8, 4) is 11.3 Å². The van der Waals surface area contributed by atoms with E-state index < -0.39 is 21.5 Å². The molecule has 0 radical (unpaired) electrons. The molecular formula is C16H18N6O4S. The van der Waals surface area contributed by atoms with Crippen molar-refractivity contribution in [2.75, 3.05) is 18.9 Å². The van der Waals surface area contributed by atoms with E-state index in [0.29, 0.717) is 23.3 Å². The summed E-state index contributed by atoms with van der Waals surface area (Å²) in [5, 5.41) is 5.15. The maximum atomic E-state index is 12.5. The lowest BCUT2D eigenvalue weighted by Gasteiger charge is -2.25. The number of ether oxygens (including phenoxy) is 1. The summed E-state index contributed by atoms with van der Waals surface area (Å²) in [6, 6.07) is 1.86. The molecule has 1 atom stereocenters. The topological polar surface area (TPSA) is 132 Å². The monoisotopic (exact) mass is 390 g/mol. The van der Waals surface area contributed by atoms with Crippen molar-refractivity contribution in [2.24, 2.45) is 0 Å². The summed E-state index contributed by atoms with van der Waals surface area (Å²) >= 11 is 0. The number of aromatic amines is 1. The van der Waals surface area contributed by atoms with Crippen molar-refractivity contribution >= 4 is 27.0 Å². The van der Waals surface area contributed by atoms with Gasteiger partial charge >= 0.3 is 5.97 Å². The van der Waals surface area contributed by atoms with Gasteiger partial charge in [-0.3, -0.25) is 4.68 Å². The van der Waals surface area contributed by atoms with Crippen LogP contribution in [-0.4, -0.2) is 58.0 Å². The van der Waals surface area contributed by atoms with Crippen molar-refractivity contribution in [3.05, 3.63) is 31.0 Å². The van der Waals surface area contributed by atoms with Gasteiger partial charge in [0.2, 0.25) is 10.0 Å². The second-order valence-electron chi connectivity index (χ2n) is 6.28.